The third kappa shape index (κ3) is 3.94. The molecule has 6 heteroatoms. The van der Waals surface area contributed by atoms with Crippen molar-refractivity contribution in [1.29, 1.82) is 0 Å². The van der Waals surface area contributed by atoms with E-state index in [1.54, 1.807) is 25.4 Å². The summed E-state index contributed by atoms with van der Waals surface area (Å²) in [5.74, 6) is 0.293. The Bertz CT molecular complexity index is 471. The van der Waals surface area contributed by atoms with Gasteiger partial charge in [-0.2, -0.15) is 0 Å². The Morgan fingerprint density at radius 1 is 1.42 bits per heavy atom. The molecule has 0 atom stereocenters. The van der Waals surface area contributed by atoms with E-state index in [4.69, 9.17) is 0 Å². The van der Waals surface area contributed by atoms with Gasteiger partial charge in [-0.25, -0.2) is 4.98 Å². The lowest BCUT2D eigenvalue weighted by Gasteiger charge is -2.08. The van der Waals surface area contributed by atoms with Crippen molar-refractivity contribution in [2.45, 2.75) is 25.3 Å². The fourth-order valence-corrected chi connectivity index (χ4v) is 1.70. The molecule has 0 radical (unpaired) electrons. The fraction of sp³-hybridized carbons (Fsp3) is 0.462. The molecule has 1 saturated carbocycles. The summed E-state index contributed by atoms with van der Waals surface area (Å²) in [4.78, 5) is 27.4. The molecule has 0 spiro atoms. The van der Waals surface area contributed by atoms with Crippen LogP contribution in [-0.4, -0.2) is 36.4 Å². The molecule has 3 N–H and O–H groups in total. The predicted octanol–water partition coefficient (Wildman–Crippen LogP) is 0.522. The highest BCUT2D eigenvalue weighted by molar-refractivity contribution is 5.98. The van der Waals surface area contributed by atoms with E-state index in [2.05, 4.69) is 20.9 Å². The van der Waals surface area contributed by atoms with Crippen molar-refractivity contribution in [1.82, 2.24) is 15.6 Å². The monoisotopic (exact) mass is 262 g/mol. The Hall–Kier alpha value is -2.11. The number of hydrogen-bond donors (Lipinski definition) is 3. The molecule has 102 valence electrons. The Balaban J connectivity index is 1.78. The molecule has 19 heavy (non-hydrogen) atoms. The maximum atomic E-state index is 11.9. The third-order valence-corrected chi connectivity index (χ3v) is 2.87. The van der Waals surface area contributed by atoms with Gasteiger partial charge in [0.25, 0.3) is 5.91 Å². The van der Waals surface area contributed by atoms with E-state index in [0.717, 1.165) is 12.8 Å². The average molecular weight is 262 g/mol. The minimum absolute atomic E-state index is 0.0113. The summed E-state index contributed by atoms with van der Waals surface area (Å²) < 4.78 is 0. The van der Waals surface area contributed by atoms with E-state index in [1.165, 1.54) is 0 Å². The second-order valence-corrected chi connectivity index (χ2v) is 4.50. The van der Waals surface area contributed by atoms with E-state index >= 15 is 0 Å². The highest BCUT2D eigenvalue weighted by Gasteiger charge is 2.22. The second kappa shape index (κ2) is 6.17. The predicted molar refractivity (Wildman–Crippen MR) is 71.9 cm³/mol. The van der Waals surface area contributed by atoms with Crippen LogP contribution in [0.15, 0.2) is 18.3 Å². The van der Waals surface area contributed by atoms with Crippen molar-refractivity contribution in [2.75, 3.05) is 18.9 Å². The molecule has 0 saturated heterocycles. The smallest absolute Gasteiger partial charge is 0.255 e. The summed E-state index contributed by atoms with van der Waals surface area (Å²) in [5, 5.41) is 8.45. The number of hydrogen-bond acceptors (Lipinski definition) is 4. The Morgan fingerprint density at radius 3 is 2.89 bits per heavy atom. The van der Waals surface area contributed by atoms with Crippen molar-refractivity contribution >= 4 is 17.6 Å². The van der Waals surface area contributed by atoms with Gasteiger partial charge in [-0.15, -0.1) is 0 Å². The molecule has 1 aromatic rings. The van der Waals surface area contributed by atoms with Gasteiger partial charge in [0, 0.05) is 32.3 Å². The Labute approximate surface area is 112 Å². The lowest BCUT2D eigenvalue weighted by atomic mass is 10.2. The summed E-state index contributed by atoms with van der Waals surface area (Å²) in [6.45, 7) is 0.329. The van der Waals surface area contributed by atoms with Gasteiger partial charge in [-0.1, -0.05) is 0 Å². The molecular weight excluding hydrogens is 244 g/mol. The zero-order valence-electron chi connectivity index (χ0n) is 10.9. The summed E-state index contributed by atoms with van der Waals surface area (Å²) >= 11 is 0. The van der Waals surface area contributed by atoms with Crippen molar-refractivity contribution in [3.05, 3.63) is 23.9 Å². The van der Waals surface area contributed by atoms with Gasteiger partial charge in [-0.3, -0.25) is 9.59 Å². The zero-order valence-corrected chi connectivity index (χ0v) is 10.9. The zero-order chi connectivity index (χ0) is 13.7. The van der Waals surface area contributed by atoms with Crippen LogP contribution in [0.4, 0.5) is 5.82 Å². The van der Waals surface area contributed by atoms with Gasteiger partial charge in [0.2, 0.25) is 5.91 Å². The SMILES string of the molecule is CNc1ncccc1C(=O)NCCC(=O)NC1CC1. The van der Waals surface area contributed by atoms with Gasteiger partial charge in [-0.05, 0) is 25.0 Å². The maximum Gasteiger partial charge on any atom is 0.255 e. The standard InChI is InChI=1S/C13H18N4O2/c1-14-12-10(3-2-7-15-12)13(19)16-8-6-11(18)17-9-4-5-9/h2-3,7,9H,4-6,8H2,1H3,(H,14,15)(H,16,19)(H,17,18). The lowest BCUT2D eigenvalue weighted by molar-refractivity contribution is -0.121. The number of rotatable bonds is 6. The second-order valence-electron chi connectivity index (χ2n) is 4.50. The van der Waals surface area contributed by atoms with Crippen LogP contribution in [0.25, 0.3) is 0 Å². The average Bonchev–Trinajstić information content (AvgIpc) is 3.22. The largest absolute Gasteiger partial charge is 0.372 e. The first kappa shape index (κ1) is 13.3. The minimum Gasteiger partial charge on any atom is -0.372 e. The van der Waals surface area contributed by atoms with Gasteiger partial charge in [0.05, 0.1) is 5.56 Å². The van der Waals surface area contributed by atoms with Gasteiger partial charge in [0.15, 0.2) is 0 Å². The van der Waals surface area contributed by atoms with Crippen LogP contribution in [0.3, 0.4) is 0 Å². The molecule has 1 fully saturated rings. The van der Waals surface area contributed by atoms with E-state index in [-0.39, 0.29) is 11.8 Å². The summed E-state index contributed by atoms with van der Waals surface area (Å²) in [5.41, 5.74) is 0.479. The Morgan fingerprint density at radius 2 is 2.21 bits per heavy atom. The quantitative estimate of drug-likeness (QED) is 0.698. The topological polar surface area (TPSA) is 83.1 Å². The number of pyridine rings is 1. The van der Waals surface area contributed by atoms with Crippen molar-refractivity contribution in [2.24, 2.45) is 0 Å². The van der Waals surface area contributed by atoms with Crippen LogP contribution in [0.5, 0.6) is 0 Å². The molecule has 0 aromatic carbocycles. The third-order valence-electron chi connectivity index (χ3n) is 2.87. The number of anilines is 1. The van der Waals surface area contributed by atoms with E-state index in [1.807, 2.05) is 0 Å². The van der Waals surface area contributed by atoms with Crippen LogP contribution in [0, 0.1) is 0 Å². The number of carbonyl (C=O) groups excluding carboxylic acids is 2. The molecule has 1 heterocycles. The maximum absolute atomic E-state index is 11.9. The van der Waals surface area contributed by atoms with E-state index < -0.39 is 0 Å². The summed E-state index contributed by atoms with van der Waals surface area (Å²) in [6.07, 6.45) is 4.06. The van der Waals surface area contributed by atoms with Crippen LogP contribution in [0.1, 0.15) is 29.6 Å². The van der Waals surface area contributed by atoms with Crippen molar-refractivity contribution < 1.29 is 9.59 Å². The lowest BCUT2D eigenvalue weighted by Crippen LogP contribution is -2.32. The van der Waals surface area contributed by atoms with Crippen LogP contribution >= 0.6 is 0 Å². The molecule has 1 aliphatic carbocycles. The molecule has 2 rings (SSSR count). The van der Waals surface area contributed by atoms with Gasteiger partial charge >= 0.3 is 0 Å². The Kier molecular flexibility index (Phi) is 4.33. The van der Waals surface area contributed by atoms with Gasteiger partial charge in [0.1, 0.15) is 5.82 Å². The highest BCUT2D eigenvalue weighted by atomic mass is 16.2. The molecule has 1 aromatic heterocycles. The van der Waals surface area contributed by atoms with Crippen LogP contribution < -0.4 is 16.0 Å². The van der Waals surface area contributed by atoms with Crippen molar-refractivity contribution in [3.8, 4) is 0 Å². The number of aromatic nitrogens is 1. The number of nitrogens with zero attached hydrogens (tertiary/aromatic N) is 1. The van der Waals surface area contributed by atoms with Crippen LogP contribution in [0.2, 0.25) is 0 Å². The normalized spacial score (nSPS) is 13.7. The van der Waals surface area contributed by atoms with E-state index in [9.17, 15) is 9.59 Å². The molecule has 2 amide bonds. The minimum atomic E-state index is -0.225. The first-order valence-electron chi connectivity index (χ1n) is 6.41. The van der Waals surface area contributed by atoms with Crippen molar-refractivity contribution in [3.63, 3.8) is 0 Å². The molecule has 0 unspecified atom stereocenters. The number of nitrogens with one attached hydrogen (secondary N) is 3. The molecular formula is C13H18N4O2. The van der Waals surface area contributed by atoms with E-state index in [0.29, 0.717) is 30.4 Å². The molecule has 1 aliphatic rings. The first-order valence-corrected chi connectivity index (χ1v) is 6.41. The fourth-order valence-electron chi connectivity index (χ4n) is 1.70. The summed E-state index contributed by atoms with van der Waals surface area (Å²) in [7, 11) is 1.71. The molecule has 6 nitrogen and oxygen atoms in total. The number of carbonyl (C=O) groups is 2. The highest BCUT2D eigenvalue weighted by Crippen LogP contribution is 2.18. The van der Waals surface area contributed by atoms with Crippen LogP contribution in [-0.2, 0) is 4.79 Å². The van der Waals surface area contributed by atoms with Gasteiger partial charge < -0.3 is 16.0 Å². The number of amides is 2. The molecule has 0 aliphatic heterocycles. The summed E-state index contributed by atoms with van der Waals surface area (Å²) in [6, 6.07) is 3.76. The molecule has 0 bridgehead atoms. The first-order chi connectivity index (χ1) is 9.20.